The Morgan fingerprint density at radius 3 is 2.55 bits per heavy atom. The van der Waals surface area contributed by atoms with E-state index < -0.39 is 0 Å². The SMILES string of the molecule is CCC(NC(C(=O)OC)C(C)CC)c1cccc(Cl)c1. The fourth-order valence-corrected chi connectivity index (χ4v) is 2.42. The van der Waals surface area contributed by atoms with Crippen LogP contribution in [0.25, 0.3) is 0 Å². The molecule has 3 unspecified atom stereocenters. The van der Waals surface area contributed by atoms with Crippen LogP contribution in [0.15, 0.2) is 24.3 Å². The number of esters is 1. The molecule has 0 aromatic heterocycles. The Bertz CT molecular complexity index is 436. The van der Waals surface area contributed by atoms with Crippen molar-refractivity contribution in [3.05, 3.63) is 34.9 Å². The average Bonchev–Trinajstić information content (AvgIpc) is 2.47. The second-order valence-electron chi connectivity index (χ2n) is 5.07. The maximum Gasteiger partial charge on any atom is 0.323 e. The molecule has 1 aromatic rings. The van der Waals surface area contributed by atoms with Crippen molar-refractivity contribution in [3.8, 4) is 0 Å². The van der Waals surface area contributed by atoms with Crippen molar-refractivity contribution in [2.75, 3.05) is 7.11 Å². The minimum absolute atomic E-state index is 0.0896. The normalized spacial score (nSPS) is 15.4. The molecule has 0 radical (unpaired) electrons. The summed E-state index contributed by atoms with van der Waals surface area (Å²) in [6.07, 6.45) is 1.79. The molecule has 0 saturated heterocycles. The molecule has 1 N–H and O–H groups in total. The van der Waals surface area contributed by atoms with Crippen molar-refractivity contribution < 1.29 is 9.53 Å². The standard InChI is InChI=1S/C16H24ClNO2/c1-5-11(3)15(16(19)20-4)18-14(6-2)12-8-7-9-13(17)10-12/h7-11,14-15,18H,5-6H2,1-4H3. The summed E-state index contributed by atoms with van der Waals surface area (Å²) in [5, 5.41) is 4.12. The number of halogens is 1. The minimum atomic E-state index is -0.297. The summed E-state index contributed by atoms with van der Waals surface area (Å²) in [7, 11) is 1.43. The van der Waals surface area contributed by atoms with Crippen LogP contribution < -0.4 is 5.32 Å². The number of benzene rings is 1. The first kappa shape index (κ1) is 17.0. The number of methoxy groups -OCH3 is 1. The van der Waals surface area contributed by atoms with Gasteiger partial charge in [0.2, 0.25) is 0 Å². The largest absolute Gasteiger partial charge is 0.468 e. The first-order chi connectivity index (χ1) is 9.53. The quantitative estimate of drug-likeness (QED) is 0.774. The van der Waals surface area contributed by atoms with E-state index in [4.69, 9.17) is 16.3 Å². The van der Waals surface area contributed by atoms with E-state index in [1.165, 1.54) is 7.11 Å². The molecule has 20 heavy (non-hydrogen) atoms. The second-order valence-corrected chi connectivity index (χ2v) is 5.51. The van der Waals surface area contributed by atoms with Crippen molar-refractivity contribution in [1.29, 1.82) is 0 Å². The Labute approximate surface area is 126 Å². The van der Waals surface area contributed by atoms with E-state index in [1.54, 1.807) is 0 Å². The van der Waals surface area contributed by atoms with Crippen LogP contribution in [0.1, 0.15) is 45.2 Å². The average molecular weight is 298 g/mol. The van der Waals surface area contributed by atoms with Gasteiger partial charge in [0.25, 0.3) is 0 Å². The van der Waals surface area contributed by atoms with Gasteiger partial charge in [-0.15, -0.1) is 0 Å². The first-order valence-electron chi connectivity index (χ1n) is 7.12. The van der Waals surface area contributed by atoms with Gasteiger partial charge in [-0.3, -0.25) is 10.1 Å². The lowest BCUT2D eigenvalue weighted by atomic mass is 9.96. The topological polar surface area (TPSA) is 38.3 Å². The van der Waals surface area contributed by atoms with Crippen LogP contribution in [0.4, 0.5) is 0 Å². The molecule has 1 rings (SSSR count). The van der Waals surface area contributed by atoms with Gasteiger partial charge >= 0.3 is 5.97 Å². The maximum atomic E-state index is 12.0. The Morgan fingerprint density at radius 1 is 1.35 bits per heavy atom. The number of carbonyl (C=O) groups is 1. The summed E-state index contributed by atoms with van der Waals surface area (Å²) in [6, 6.07) is 7.54. The van der Waals surface area contributed by atoms with Crippen LogP contribution in [-0.2, 0) is 9.53 Å². The fourth-order valence-electron chi connectivity index (χ4n) is 2.22. The zero-order valence-electron chi connectivity index (χ0n) is 12.7. The van der Waals surface area contributed by atoms with Crippen LogP contribution in [0, 0.1) is 5.92 Å². The molecule has 0 saturated carbocycles. The molecule has 0 heterocycles. The summed E-state index contributed by atoms with van der Waals surface area (Å²) in [4.78, 5) is 12.0. The summed E-state index contributed by atoms with van der Waals surface area (Å²) < 4.78 is 4.91. The van der Waals surface area contributed by atoms with Crippen molar-refractivity contribution in [3.63, 3.8) is 0 Å². The third-order valence-electron chi connectivity index (χ3n) is 3.71. The molecule has 4 heteroatoms. The minimum Gasteiger partial charge on any atom is -0.468 e. The van der Waals surface area contributed by atoms with Gasteiger partial charge in [-0.25, -0.2) is 0 Å². The van der Waals surface area contributed by atoms with Gasteiger partial charge in [0, 0.05) is 11.1 Å². The van der Waals surface area contributed by atoms with Crippen LogP contribution in [0.3, 0.4) is 0 Å². The molecule has 0 aliphatic carbocycles. The number of hydrogen-bond donors (Lipinski definition) is 1. The van der Waals surface area contributed by atoms with Gasteiger partial charge < -0.3 is 4.74 Å². The van der Waals surface area contributed by atoms with E-state index in [9.17, 15) is 4.79 Å². The molecule has 112 valence electrons. The van der Waals surface area contributed by atoms with Crippen LogP contribution >= 0.6 is 11.6 Å². The zero-order valence-corrected chi connectivity index (χ0v) is 13.4. The highest BCUT2D eigenvalue weighted by atomic mass is 35.5. The Balaban J connectivity index is 2.91. The van der Waals surface area contributed by atoms with Gasteiger partial charge in [-0.2, -0.15) is 0 Å². The molecule has 0 bridgehead atoms. The monoisotopic (exact) mass is 297 g/mol. The molecule has 0 fully saturated rings. The van der Waals surface area contributed by atoms with Crippen LogP contribution in [0.2, 0.25) is 5.02 Å². The number of rotatable bonds is 7. The number of nitrogens with one attached hydrogen (secondary N) is 1. The zero-order chi connectivity index (χ0) is 15.1. The fraction of sp³-hybridized carbons (Fsp3) is 0.562. The molecule has 0 amide bonds. The van der Waals surface area contributed by atoms with Crippen molar-refractivity contribution in [2.45, 2.75) is 45.7 Å². The smallest absolute Gasteiger partial charge is 0.323 e. The molecule has 0 aliphatic rings. The van der Waals surface area contributed by atoms with Crippen LogP contribution in [0.5, 0.6) is 0 Å². The number of ether oxygens (including phenoxy) is 1. The molecule has 3 nitrogen and oxygen atoms in total. The Hall–Kier alpha value is -1.06. The van der Waals surface area contributed by atoms with Gasteiger partial charge in [0.1, 0.15) is 6.04 Å². The first-order valence-corrected chi connectivity index (χ1v) is 7.50. The number of hydrogen-bond acceptors (Lipinski definition) is 3. The predicted octanol–water partition coefficient (Wildman–Crippen LogP) is 3.97. The van der Waals surface area contributed by atoms with Gasteiger partial charge in [0.05, 0.1) is 7.11 Å². The van der Waals surface area contributed by atoms with E-state index in [2.05, 4.69) is 26.1 Å². The van der Waals surface area contributed by atoms with Gasteiger partial charge in [-0.05, 0) is 30.0 Å². The molecule has 0 spiro atoms. The third-order valence-corrected chi connectivity index (χ3v) is 3.94. The summed E-state index contributed by atoms with van der Waals surface area (Å²) in [5.41, 5.74) is 1.09. The lowest BCUT2D eigenvalue weighted by Gasteiger charge is -2.27. The van der Waals surface area contributed by atoms with E-state index in [0.717, 1.165) is 18.4 Å². The summed E-state index contributed by atoms with van der Waals surface area (Å²) in [6.45, 7) is 6.21. The highest BCUT2D eigenvalue weighted by molar-refractivity contribution is 6.30. The summed E-state index contributed by atoms with van der Waals surface area (Å²) in [5.74, 6) is 0.00973. The molecular formula is C16H24ClNO2. The lowest BCUT2D eigenvalue weighted by Crippen LogP contribution is -2.44. The third kappa shape index (κ3) is 4.50. The molecule has 1 aromatic carbocycles. The molecule has 0 aliphatic heterocycles. The van der Waals surface area contributed by atoms with E-state index in [1.807, 2.05) is 24.3 Å². The predicted molar refractivity (Wildman–Crippen MR) is 82.9 cm³/mol. The molecule has 3 atom stereocenters. The van der Waals surface area contributed by atoms with Crippen molar-refractivity contribution in [1.82, 2.24) is 5.32 Å². The van der Waals surface area contributed by atoms with Crippen LogP contribution in [-0.4, -0.2) is 19.1 Å². The van der Waals surface area contributed by atoms with E-state index in [0.29, 0.717) is 5.02 Å². The maximum absolute atomic E-state index is 12.0. The highest BCUT2D eigenvalue weighted by Gasteiger charge is 2.27. The van der Waals surface area contributed by atoms with E-state index >= 15 is 0 Å². The molecular weight excluding hydrogens is 274 g/mol. The Kier molecular flexibility index (Phi) is 7.03. The highest BCUT2D eigenvalue weighted by Crippen LogP contribution is 2.23. The lowest BCUT2D eigenvalue weighted by molar-refractivity contribution is -0.144. The second kappa shape index (κ2) is 8.28. The van der Waals surface area contributed by atoms with Gasteiger partial charge in [-0.1, -0.05) is 50.9 Å². The van der Waals surface area contributed by atoms with Gasteiger partial charge in [0.15, 0.2) is 0 Å². The summed E-state index contributed by atoms with van der Waals surface area (Å²) >= 11 is 6.04. The van der Waals surface area contributed by atoms with E-state index in [-0.39, 0.29) is 24.0 Å². The van der Waals surface area contributed by atoms with Crippen molar-refractivity contribution >= 4 is 17.6 Å². The Morgan fingerprint density at radius 2 is 2.05 bits per heavy atom. The van der Waals surface area contributed by atoms with Crippen molar-refractivity contribution in [2.24, 2.45) is 5.92 Å². The number of carbonyl (C=O) groups excluding carboxylic acids is 1.